The molecule has 1 atom stereocenters. The molecule has 0 amide bonds. The molecular weight excluding hydrogens is 298 g/mol. The summed E-state index contributed by atoms with van der Waals surface area (Å²) in [6.07, 6.45) is 3.32. The SMILES string of the molecule is C=CC[N+](C)(C)C(C=C)Oc1ccccc1C(=O)c1ccccc1. The molecule has 0 fully saturated rings. The lowest BCUT2D eigenvalue weighted by atomic mass is 10.0. The number of ether oxygens (including phenoxy) is 1. The van der Waals surface area contributed by atoms with Gasteiger partial charge in [0, 0.05) is 11.6 Å². The van der Waals surface area contributed by atoms with Crippen molar-refractivity contribution in [1.82, 2.24) is 0 Å². The quantitative estimate of drug-likeness (QED) is 0.317. The first kappa shape index (κ1) is 17.7. The number of hydrogen-bond acceptors (Lipinski definition) is 2. The van der Waals surface area contributed by atoms with Crippen molar-refractivity contribution in [3.05, 3.63) is 91.0 Å². The molecule has 2 aromatic carbocycles. The Morgan fingerprint density at radius 2 is 1.71 bits per heavy atom. The third-order valence-electron chi connectivity index (χ3n) is 3.91. The van der Waals surface area contributed by atoms with Crippen molar-refractivity contribution in [3.63, 3.8) is 0 Å². The van der Waals surface area contributed by atoms with E-state index in [2.05, 4.69) is 13.2 Å². The summed E-state index contributed by atoms with van der Waals surface area (Å²) in [5.74, 6) is 0.509. The minimum atomic E-state index is -0.285. The van der Waals surface area contributed by atoms with Gasteiger partial charge in [-0.15, -0.1) is 0 Å². The second-order valence-electron chi connectivity index (χ2n) is 6.19. The highest BCUT2D eigenvalue weighted by Crippen LogP contribution is 2.24. The molecule has 24 heavy (non-hydrogen) atoms. The maximum absolute atomic E-state index is 12.8. The highest BCUT2D eigenvalue weighted by atomic mass is 16.5. The van der Waals surface area contributed by atoms with Crippen molar-refractivity contribution in [2.75, 3.05) is 20.6 Å². The van der Waals surface area contributed by atoms with Gasteiger partial charge in [-0.3, -0.25) is 9.28 Å². The molecule has 3 heteroatoms. The number of carbonyl (C=O) groups is 1. The molecule has 3 nitrogen and oxygen atoms in total. The van der Waals surface area contributed by atoms with Crippen LogP contribution in [0.3, 0.4) is 0 Å². The zero-order chi connectivity index (χ0) is 17.6. The molecule has 2 rings (SSSR count). The average Bonchev–Trinajstić information content (AvgIpc) is 2.60. The number of para-hydroxylation sites is 1. The van der Waals surface area contributed by atoms with E-state index in [0.29, 0.717) is 21.4 Å². The lowest BCUT2D eigenvalue weighted by Gasteiger charge is -2.35. The molecule has 0 aliphatic rings. The fourth-order valence-corrected chi connectivity index (χ4v) is 2.54. The Bertz CT molecular complexity index is 720. The van der Waals surface area contributed by atoms with Gasteiger partial charge in [0.1, 0.15) is 5.75 Å². The van der Waals surface area contributed by atoms with Gasteiger partial charge in [0.2, 0.25) is 0 Å². The number of hydrogen-bond donors (Lipinski definition) is 0. The van der Waals surface area contributed by atoms with Gasteiger partial charge in [-0.25, -0.2) is 0 Å². The van der Waals surface area contributed by atoms with Gasteiger partial charge in [0.25, 0.3) is 6.23 Å². The third-order valence-corrected chi connectivity index (χ3v) is 3.91. The Hall–Kier alpha value is -2.65. The highest BCUT2D eigenvalue weighted by Gasteiger charge is 2.27. The first-order valence-electron chi connectivity index (χ1n) is 7.91. The van der Waals surface area contributed by atoms with E-state index >= 15 is 0 Å². The highest BCUT2D eigenvalue weighted by molar-refractivity contribution is 6.10. The summed E-state index contributed by atoms with van der Waals surface area (Å²) < 4.78 is 6.68. The van der Waals surface area contributed by atoms with Gasteiger partial charge in [-0.2, -0.15) is 0 Å². The van der Waals surface area contributed by atoms with E-state index < -0.39 is 0 Å². The van der Waals surface area contributed by atoms with E-state index in [1.807, 2.05) is 68.7 Å². The topological polar surface area (TPSA) is 26.3 Å². The van der Waals surface area contributed by atoms with Crippen molar-refractivity contribution in [2.24, 2.45) is 0 Å². The van der Waals surface area contributed by atoms with Crippen LogP contribution in [0.1, 0.15) is 15.9 Å². The number of nitrogens with zero attached hydrogens (tertiary/aromatic N) is 1. The van der Waals surface area contributed by atoms with Crippen molar-refractivity contribution >= 4 is 5.78 Å². The summed E-state index contributed by atoms with van der Waals surface area (Å²) in [5.41, 5.74) is 1.19. The number of likely N-dealkylation sites (N-methyl/N-ethyl adjacent to an activating group) is 1. The summed E-state index contributed by atoms with van der Waals surface area (Å²) in [6, 6.07) is 16.5. The molecule has 0 saturated heterocycles. The number of quaternary nitrogens is 1. The van der Waals surface area contributed by atoms with E-state index in [-0.39, 0.29) is 12.0 Å². The van der Waals surface area contributed by atoms with Crippen LogP contribution in [0.2, 0.25) is 0 Å². The van der Waals surface area contributed by atoms with Crippen molar-refractivity contribution in [3.8, 4) is 5.75 Å². The van der Waals surface area contributed by atoms with Crippen molar-refractivity contribution in [2.45, 2.75) is 6.23 Å². The number of carbonyl (C=O) groups excluding carboxylic acids is 1. The first-order chi connectivity index (χ1) is 11.5. The molecule has 124 valence electrons. The second-order valence-corrected chi connectivity index (χ2v) is 6.19. The van der Waals surface area contributed by atoms with Gasteiger partial charge >= 0.3 is 0 Å². The molecule has 0 bridgehead atoms. The summed E-state index contributed by atoms with van der Waals surface area (Å²) in [7, 11) is 4.07. The zero-order valence-corrected chi connectivity index (χ0v) is 14.3. The first-order valence-corrected chi connectivity index (χ1v) is 7.91. The van der Waals surface area contributed by atoms with Crippen LogP contribution in [0, 0.1) is 0 Å². The van der Waals surface area contributed by atoms with Crippen LogP contribution in [-0.2, 0) is 0 Å². The summed E-state index contributed by atoms with van der Waals surface area (Å²) in [5, 5.41) is 0. The predicted octanol–water partition coefficient (Wildman–Crippen LogP) is 4.07. The number of benzene rings is 2. The fourth-order valence-electron chi connectivity index (χ4n) is 2.54. The Labute approximate surface area is 144 Å². The van der Waals surface area contributed by atoms with Gasteiger partial charge in [0.15, 0.2) is 5.78 Å². The Balaban J connectivity index is 2.33. The molecule has 0 heterocycles. The monoisotopic (exact) mass is 322 g/mol. The van der Waals surface area contributed by atoms with Gasteiger partial charge < -0.3 is 4.74 Å². The van der Waals surface area contributed by atoms with E-state index in [1.165, 1.54) is 0 Å². The third kappa shape index (κ3) is 4.00. The van der Waals surface area contributed by atoms with E-state index in [4.69, 9.17) is 4.74 Å². The minimum Gasteiger partial charge on any atom is -0.438 e. The molecule has 0 N–H and O–H groups in total. The van der Waals surface area contributed by atoms with Crippen LogP contribution in [-0.4, -0.2) is 37.1 Å². The van der Waals surface area contributed by atoms with E-state index in [1.54, 1.807) is 12.1 Å². The Kier molecular flexibility index (Phi) is 5.72. The molecule has 0 aromatic heterocycles. The van der Waals surface area contributed by atoms with Crippen LogP contribution >= 0.6 is 0 Å². The molecule has 1 unspecified atom stereocenters. The Morgan fingerprint density at radius 1 is 1.08 bits per heavy atom. The number of ketones is 1. The smallest absolute Gasteiger partial charge is 0.252 e. The molecule has 0 aliphatic heterocycles. The summed E-state index contributed by atoms with van der Waals surface area (Å²) >= 11 is 0. The summed E-state index contributed by atoms with van der Waals surface area (Å²) in [6.45, 7) is 8.40. The normalized spacial score (nSPS) is 12.2. The minimum absolute atomic E-state index is 0.0527. The fraction of sp³-hybridized carbons (Fsp3) is 0.190. The molecule has 0 spiro atoms. The largest absolute Gasteiger partial charge is 0.438 e. The molecule has 0 radical (unpaired) electrons. The molecule has 2 aromatic rings. The summed E-state index contributed by atoms with van der Waals surface area (Å²) in [4.78, 5) is 12.8. The van der Waals surface area contributed by atoms with E-state index in [9.17, 15) is 4.79 Å². The maximum atomic E-state index is 12.8. The van der Waals surface area contributed by atoms with Gasteiger partial charge in [0.05, 0.1) is 26.2 Å². The van der Waals surface area contributed by atoms with Gasteiger partial charge in [-0.05, 0) is 18.2 Å². The maximum Gasteiger partial charge on any atom is 0.252 e. The van der Waals surface area contributed by atoms with Crippen LogP contribution < -0.4 is 4.74 Å². The van der Waals surface area contributed by atoms with Crippen molar-refractivity contribution in [1.29, 1.82) is 0 Å². The predicted molar refractivity (Wildman–Crippen MR) is 98.1 cm³/mol. The van der Waals surface area contributed by atoms with Crippen molar-refractivity contribution < 1.29 is 14.0 Å². The zero-order valence-electron chi connectivity index (χ0n) is 14.3. The Morgan fingerprint density at radius 3 is 2.33 bits per heavy atom. The van der Waals surface area contributed by atoms with Crippen LogP contribution in [0.4, 0.5) is 0 Å². The molecular formula is C21H24NO2+. The van der Waals surface area contributed by atoms with Crippen LogP contribution in [0.5, 0.6) is 5.75 Å². The van der Waals surface area contributed by atoms with Crippen LogP contribution in [0.15, 0.2) is 79.9 Å². The lowest BCUT2D eigenvalue weighted by Crippen LogP contribution is -2.50. The number of rotatable bonds is 8. The van der Waals surface area contributed by atoms with Crippen LogP contribution in [0.25, 0.3) is 0 Å². The second kappa shape index (κ2) is 7.75. The molecule has 0 saturated carbocycles. The standard InChI is InChI=1S/C21H24NO2/c1-5-16-22(3,4)20(6-2)24-19-15-11-10-14-18(19)21(23)17-12-8-7-9-13-17/h5-15,20H,1-2,16H2,3-4H3/q+1. The van der Waals surface area contributed by atoms with E-state index in [0.717, 1.165) is 6.54 Å². The lowest BCUT2D eigenvalue weighted by molar-refractivity contribution is -0.920. The average molecular weight is 322 g/mol. The van der Waals surface area contributed by atoms with Gasteiger partial charge in [-0.1, -0.05) is 55.6 Å². The molecule has 0 aliphatic carbocycles.